The molecule has 1 aromatic rings. The lowest BCUT2D eigenvalue weighted by molar-refractivity contribution is -0.132. The standard InChI is InChI=1S/C13H22N4OS/c1-9(19-4)13(18)16-7-5-6-12(8-16)17-11(3)14-10(2)15-17/h9,12H,5-8H2,1-4H3/t9-,12-/m0/s1. The lowest BCUT2D eigenvalue weighted by Gasteiger charge is -2.34. The first-order valence-electron chi connectivity index (χ1n) is 6.74. The molecule has 1 aliphatic heterocycles. The first-order chi connectivity index (χ1) is 9.02. The summed E-state index contributed by atoms with van der Waals surface area (Å²) in [5, 5.41) is 4.49. The molecule has 1 aliphatic rings. The first kappa shape index (κ1) is 14.4. The largest absolute Gasteiger partial charge is 0.340 e. The van der Waals surface area contributed by atoms with Crippen molar-refractivity contribution in [1.82, 2.24) is 19.7 Å². The molecular formula is C13H22N4OS. The van der Waals surface area contributed by atoms with E-state index in [0.29, 0.717) is 0 Å². The molecule has 0 spiro atoms. The molecule has 0 aromatic carbocycles. The zero-order valence-corrected chi connectivity index (χ0v) is 12.9. The van der Waals surface area contributed by atoms with Gasteiger partial charge in [-0.15, -0.1) is 0 Å². The topological polar surface area (TPSA) is 51.0 Å². The second kappa shape index (κ2) is 5.94. The molecular weight excluding hydrogens is 260 g/mol. The number of thioether (sulfide) groups is 1. The van der Waals surface area contributed by atoms with Crippen molar-refractivity contribution < 1.29 is 4.79 Å². The third-order valence-electron chi connectivity index (χ3n) is 3.66. The van der Waals surface area contributed by atoms with E-state index in [4.69, 9.17) is 0 Å². The van der Waals surface area contributed by atoms with Crippen LogP contribution in [0.2, 0.25) is 0 Å². The Morgan fingerprint density at radius 1 is 1.47 bits per heavy atom. The van der Waals surface area contributed by atoms with Gasteiger partial charge in [0.15, 0.2) is 0 Å². The van der Waals surface area contributed by atoms with Gasteiger partial charge in [-0.3, -0.25) is 4.79 Å². The minimum atomic E-state index is 0.0392. The fourth-order valence-corrected chi connectivity index (χ4v) is 2.95. The van der Waals surface area contributed by atoms with Crippen molar-refractivity contribution in [2.75, 3.05) is 19.3 Å². The Hall–Kier alpha value is -1.04. The Labute approximate surface area is 118 Å². The van der Waals surface area contributed by atoms with Gasteiger partial charge in [-0.2, -0.15) is 16.9 Å². The first-order valence-corrected chi connectivity index (χ1v) is 8.03. The highest BCUT2D eigenvalue weighted by Gasteiger charge is 2.28. The van der Waals surface area contributed by atoms with E-state index >= 15 is 0 Å². The maximum absolute atomic E-state index is 12.3. The molecule has 1 fully saturated rings. The van der Waals surface area contributed by atoms with E-state index in [1.165, 1.54) is 0 Å². The van der Waals surface area contributed by atoms with Crippen molar-refractivity contribution in [3.05, 3.63) is 11.6 Å². The van der Waals surface area contributed by atoms with E-state index in [1.807, 2.05) is 36.6 Å². The zero-order valence-electron chi connectivity index (χ0n) is 12.1. The average Bonchev–Trinajstić information content (AvgIpc) is 2.76. The Morgan fingerprint density at radius 3 is 2.79 bits per heavy atom. The number of carbonyl (C=O) groups excluding carboxylic acids is 1. The van der Waals surface area contributed by atoms with Crippen LogP contribution in [0.5, 0.6) is 0 Å². The molecule has 6 heteroatoms. The number of likely N-dealkylation sites (tertiary alicyclic amines) is 1. The number of piperidine rings is 1. The van der Waals surface area contributed by atoms with Crippen LogP contribution in [0.3, 0.4) is 0 Å². The van der Waals surface area contributed by atoms with Gasteiger partial charge < -0.3 is 4.90 Å². The molecule has 0 unspecified atom stereocenters. The van der Waals surface area contributed by atoms with Crippen molar-refractivity contribution >= 4 is 17.7 Å². The summed E-state index contributed by atoms with van der Waals surface area (Å²) in [6.45, 7) is 7.48. The van der Waals surface area contributed by atoms with E-state index in [9.17, 15) is 4.79 Å². The molecule has 0 saturated carbocycles. The van der Waals surface area contributed by atoms with Gasteiger partial charge in [0, 0.05) is 13.1 Å². The number of rotatable bonds is 3. The van der Waals surface area contributed by atoms with E-state index in [1.54, 1.807) is 11.8 Å². The second-order valence-corrected chi connectivity index (χ2v) is 6.29. The van der Waals surface area contributed by atoms with E-state index in [2.05, 4.69) is 10.1 Å². The Kier molecular flexibility index (Phi) is 4.50. The fourth-order valence-electron chi connectivity index (χ4n) is 2.59. The third kappa shape index (κ3) is 3.11. The maximum atomic E-state index is 12.3. The van der Waals surface area contributed by atoms with E-state index in [0.717, 1.165) is 37.6 Å². The summed E-state index contributed by atoms with van der Waals surface area (Å²) < 4.78 is 1.98. The number of amides is 1. The normalized spacial score (nSPS) is 21.5. The predicted molar refractivity (Wildman–Crippen MR) is 77.3 cm³/mol. The monoisotopic (exact) mass is 282 g/mol. The molecule has 1 aromatic heterocycles. The molecule has 0 aliphatic carbocycles. The van der Waals surface area contributed by atoms with Crippen molar-refractivity contribution in [2.45, 2.75) is 44.9 Å². The highest BCUT2D eigenvalue weighted by Crippen LogP contribution is 2.23. The molecule has 106 valence electrons. The van der Waals surface area contributed by atoms with Gasteiger partial charge in [-0.1, -0.05) is 0 Å². The quantitative estimate of drug-likeness (QED) is 0.848. The predicted octanol–water partition coefficient (Wildman–Crippen LogP) is 1.81. The number of hydrogen-bond donors (Lipinski definition) is 0. The molecule has 5 nitrogen and oxygen atoms in total. The van der Waals surface area contributed by atoms with E-state index < -0.39 is 0 Å². The zero-order chi connectivity index (χ0) is 14.0. The highest BCUT2D eigenvalue weighted by atomic mass is 32.2. The Balaban J connectivity index is 2.09. The van der Waals surface area contributed by atoms with Crippen LogP contribution in [-0.4, -0.2) is 50.2 Å². The summed E-state index contributed by atoms with van der Waals surface area (Å²) in [5.41, 5.74) is 0. The molecule has 0 radical (unpaired) electrons. The fraction of sp³-hybridized carbons (Fsp3) is 0.769. The lowest BCUT2D eigenvalue weighted by Crippen LogP contribution is -2.44. The van der Waals surface area contributed by atoms with Crippen molar-refractivity contribution in [2.24, 2.45) is 0 Å². The second-order valence-electron chi connectivity index (χ2n) is 5.11. The molecule has 0 N–H and O–H groups in total. The molecule has 19 heavy (non-hydrogen) atoms. The van der Waals surface area contributed by atoms with Gasteiger partial charge in [-0.25, -0.2) is 9.67 Å². The van der Waals surface area contributed by atoms with Crippen molar-refractivity contribution in [3.63, 3.8) is 0 Å². The molecule has 0 bridgehead atoms. The van der Waals surface area contributed by atoms with Crippen molar-refractivity contribution in [1.29, 1.82) is 0 Å². The summed E-state index contributed by atoms with van der Waals surface area (Å²) in [4.78, 5) is 18.6. The Bertz CT molecular complexity index is 459. The summed E-state index contributed by atoms with van der Waals surface area (Å²) in [7, 11) is 0. The van der Waals surface area contributed by atoms with Gasteiger partial charge in [0.05, 0.1) is 11.3 Å². The lowest BCUT2D eigenvalue weighted by atomic mass is 10.1. The molecule has 2 rings (SSSR count). The van der Waals surface area contributed by atoms with Crippen LogP contribution in [-0.2, 0) is 4.79 Å². The van der Waals surface area contributed by atoms with Gasteiger partial charge >= 0.3 is 0 Å². The molecule has 1 saturated heterocycles. The van der Waals surface area contributed by atoms with Crippen molar-refractivity contribution in [3.8, 4) is 0 Å². The van der Waals surface area contributed by atoms with Crippen LogP contribution in [0.25, 0.3) is 0 Å². The summed E-state index contributed by atoms with van der Waals surface area (Å²) >= 11 is 1.60. The van der Waals surface area contributed by atoms with E-state index in [-0.39, 0.29) is 17.2 Å². The minimum absolute atomic E-state index is 0.0392. The molecule has 1 amide bonds. The molecule has 2 atom stereocenters. The minimum Gasteiger partial charge on any atom is -0.340 e. The SMILES string of the molecule is CS[C@@H](C)C(=O)N1CCC[C@H](n2nc(C)nc2C)C1. The summed E-state index contributed by atoms with van der Waals surface area (Å²) in [5.74, 6) is 1.99. The van der Waals surface area contributed by atoms with Crippen LogP contribution in [0, 0.1) is 13.8 Å². The number of aromatic nitrogens is 3. The van der Waals surface area contributed by atoms with Gasteiger partial charge in [0.2, 0.25) is 5.91 Å². The Morgan fingerprint density at radius 2 is 2.21 bits per heavy atom. The smallest absolute Gasteiger partial charge is 0.235 e. The van der Waals surface area contributed by atoms with Crippen LogP contribution in [0.1, 0.15) is 37.5 Å². The highest BCUT2D eigenvalue weighted by molar-refractivity contribution is 7.99. The van der Waals surface area contributed by atoms with Crippen LogP contribution in [0.4, 0.5) is 0 Å². The third-order valence-corrected chi connectivity index (χ3v) is 4.57. The number of nitrogens with zero attached hydrogens (tertiary/aromatic N) is 4. The van der Waals surface area contributed by atoms with Gasteiger partial charge in [0.1, 0.15) is 11.6 Å². The van der Waals surface area contributed by atoms with Gasteiger partial charge in [0.25, 0.3) is 0 Å². The number of carbonyl (C=O) groups is 1. The summed E-state index contributed by atoms with van der Waals surface area (Å²) in [6, 6.07) is 0.271. The number of aryl methyl sites for hydroxylation is 2. The molecule has 2 heterocycles. The number of hydrogen-bond acceptors (Lipinski definition) is 4. The van der Waals surface area contributed by atoms with Crippen LogP contribution in [0.15, 0.2) is 0 Å². The summed E-state index contributed by atoms with van der Waals surface area (Å²) in [6.07, 6.45) is 4.09. The maximum Gasteiger partial charge on any atom is 0.235 e. The van der Waals surface area contributed by atoms with Crippen LogP contribution < -0.4 is 0 Å². The average molecular weight is 282 g/mol. The van der Waals surface area contributed by atoms with Crippen LogP contribution >= 0.6 is 11.8 Å². The van der Waals surface area contributed by atoms with Gasteiger partial charge in [-0.05, 0) is 39.9 Å².